The highest BCUT2D eigenvalue weighted by Crippen LogP contribution is 2.21. The summed E-state index contributed by atoms with van der Waals surface area (Å²) in [7, 11) is 0. The molecule has 2 rings (SSSR count). The zero-order chi connectivity index (χ0) is 16.7. The zero-order valence-electron chi connectivity index (χ0n) is 12.8. The fourth-order valence-electron chi connectivity index (χ4n) is 1.88. The van der Waals surface area contributed by atoms with Crippen LogP contribution in [0.2, 0.25) is 0 Å². The molecule has 0 atom stereocenters. The predicted molar refractivity (Wildman–Crippen MR) is 94.9 cm³/mol. The first kappa shape index (κ1) is 16.6. The number of rotatable bonds is 3. The lowest BCUT2D eigenvalue weighted by Crippen LogP contribution is -2.14. The van der Waals surface area contributed by atoms with Gasteiger partial charge in [-0.3, -0.25) is 10.1 Å². The minimum Gasteiger partial charge on any atom is -0.322 e. The average Bonchev–Trinajstić information content (AvgIpc) is 2.57. The maximum atomic E-state index is 12.5. The summed E-state index contributed by atoms with van der Waals surface area (Å²) >= 11 is 1.30. The van der Waals surface area contributed by atoms with Crippen LogP contribution in [0.3, 0.4) is 0 Å². The fourth-order valence-corrected chi connectivity index (χ4v) is 2.22. The number of carbonyl (C=O) groups excluding carboxylic acids is 1. The number of aliphatic imine (C=N–C) groups is 1. The number of nitrogens with one attached hydrogen (secondary N) is 2. The zero-order valence-corrected chi connectivity index (χ0v) is 13.6. The number of para-hydroxylation sites is 1. The number of nitriles is 1. The van der Waals surface area contributed by atoms with Crippen LogP contribution in [0.15, 0.2) is 53.5 Å². The summed E-state index contributed by atoms with van der Waals surface area (Å²) in [4.78, 5) is 16.8. The fraction of sp³-hybridized carbons (Fsp3) is 0.118. The Balaban J connectivity index is 2.27. The lowest BCUT2D eigenvalue weighted by Gasteiger charge is -2.08. The Bertz CT molecular complexity index is 763. The van der Waals surface area contributed by atoms with Crippen molar-refractivity contribution in [3.8, 4) is 6.19 Å². The van der Waals surface area contributed by atoms with Crippen molar-refractivity contribution in [1.29, 1.82) is 5.26 Å². The van der Waals surface area contributed by atoms with Crippen molar-refractivity contribution in [3.63, 3.8) is 0 Å². The van der Waals surface area contributed by atoms with E-state index < -0.39 is 0 Å². The first-order valence-corrected chi connectivity index (χ1v) is 8.11. The van der Waals surface area contributed by atoms with Gasteiger partial charge in [0.15, 0.2) is 11.4 Å². The third-order valence-electron chi connectivity index (χ3n) is 3.04. The van der Waals surface area contributed by atoms with Crippen molar-refractivity contribution in [2.24, 2.45) is 4.99 Å². The topological polar surface area (TPSA) is 77.3 Å². The van der Waals surface area contributed by atoms with E-state index in [0.717, 1.165) is 11.3 Å². The number of thioether (sulfide) groups is 1. The Morgan fingerprint density at radius 2 is 1.87 bits per heavy atom. The molecule has 0 fully saturated rings. The third kappa shape index (κ3) is 4.59. The molecule has 0 bridgehead atoms. The maximum Gasteiger partial charge on any atom is 0.257 e. The van der Waals surface area contributed by atoms with Gasteiger partial charge in [-0.2, -0.15) is 5.26 Å². The van der Waals surface area contributed by atoms with E-state index in [9.17, 15) is 4.79 Å². The smallest absolute Gasteiger partial charge is 0.257 e. The van der Waals surface area contributed by atoms with E-state index in [1.54, 1.807) is 30.5 Å². The Morgan fingerprint density at radius 3 is 2.52 bits per heavy atom. The molecule has 23 heavy (non-hydrogen) atoms. The monoisotopic (exact) mass is 324 g/mol. The molecular weight excluding hydrogens is 308 g/mol. The number of hydrogen-bond acceptors (Lipinski definition) is 4. The standard InChI is InChI=1S/C17H16N4OS/c1-12-7-9-13(10-8-12)20-16(22)14-5-3-4-6-15(14)21-17(23-2)19-11-18/h3-10H,1-2H3,(H,19,21)(H,20,22). The second kappa shape index (κ2) is 8.01. The predicted octanol–water partition coefficient (Wildman–Crippen LogP) is 3.67. The Kier molecular flexibility index (Phi) is 5.78. The number of amidine groups is 1. The molecule has 0 aromatic heterocycles. The Morgan fingerprint density at radius 1 is 1.17 bits per heavy atom. The van der Waals surface area contributed by atoms with E-state index >= 15 is 0 Å². The molecule has 2 N–H and O–H groups in total. The van der Waals surface area contributed by atoms with Crippen LogP contribution < -0.4 is 10.6 Å². The van der Waals surface area contributed by atoms with Crippen LogP contribution in [0, 0.1) is 18.4 Å². The summed E-state index contributed by atoms with van der Waals surface area (Å²) < 4.78 is 0. The summed E-state index contributed by atoms with van der Waals surface area (Å²) in [6, 6.07) is 14.6. The minimum atomic E-state index is -0.245. The van der Waals surface area contributed by atoms with Gasteiger partial charge in [-0.15, -0.1) is 0 Å². The lowest BCUT2D eigenvalue weighted by molar-refractivity contribution is 0.102. The molecule has 0 radical (unpaired) electrons. The lowest BCUT2D eigenvalue weighted by atomic mass is 10.1. The van der Waals surface area contributed by atoms with Gasteiger partial charge in [0.05, 0.1) is 11.3 Å². The molecule has 0 saturated heterocycles. The number of amides is 1. The number of hydrogen-bond donors (Lipinski definition) is 2. The molecule has 0 aliphatic heterocycles. The molecule has 6 heteroatoms. The summed E-state index contributed by atoms with van der Waals surface area (Å²) in [5.41, 5.74) is 2.79. The second-order valence-electron chi connectivity index (χ2n) is 4.70. The van der Waals surface area contributed by atoms with E-state index in [1.807, 2.05) is 37.4 Å². The summed E-state index contributed by atoms with van der Waals surface area (Å²) in [6.07, 6.45) is 3.63. The van der Waals surface area contributed by atoms with Gasteiger partial charge in [0.2, 0.25) is 0 Å². The summed E-state index contributed by atoms with van der Waals surface area (Å²) in [5.74, 6) is -0.245. The van der Waals surface area contributed by atoms with E-state index in [-0.39, 0.29) is 5.91 Å². The van der Waals surface area contributed by atoms with Crippen molar-refractivity contribution in [1.82, 2.24) is 5.32 Å². The molecule has 0 heterocycles. The van der Waals surface area contributed by atoms with Crippen LogP contribution in [0.25, 0.3) is 0 Å². The third-order valence-corrected chi connectivity index (χ3v) is 3.62. The highest BCUT2D eigenvalue weighted by molar-refractivity contribution is 8.13. The van der Waals surface area contributed by atoms with Crippen molar-refractivity contribution < 1.29 is 4.79 Å². The van der Waals surface area contributed by atoms with E-state index in [0.29, 0.717) is 16.4 Å². The van der Waals surface area contributed by atoms with Crippen LogP contribution in [0.4, 0.5) is 11.4 Å². The Labute approximate surface area is 139 Å². The van der Waals surface area contributed by atoms with Crippen molar-refractivity contribution in [2.75, 3.05) is 11.6 Å². The number of aryl methyl sites for hydroxylation is 1. The van der Waals surface area contributed by atoms with E-state index in [2.05, 4.69) is 15.6 Å². The van der Waals surface area contributed by atoms with Gasteiger partial charge >= 0.3 is 0 Å². The van der Waals surface area contributed by atoms with Crippen molar-refractivity contribution >= 4 is 34.2 Å². The van der Waals surface area contributed by atoms with Gasteiger partial charge in [0.1, 0.15) is 0 Å². The molecule has 116 valence electrons. The second-order valence-corrected chi connectivity index (χ2v) is 5.49. The van der Waals surface area contributed by atoms with Crippen LogP contribution in [0.1, 0.15) is 15.9 Å². The van der Waals surface area contributed by atoms with E-state index in [4.69, 9.17) is 5.26 Å². The van der Waals surface area contributed by atoms with E-state index in [1.165, 1.54) is 11.8 Å². The molecule has 1 amide bonds. The first-order chi connectivity index (χ1) is 11.1. The van der Waals surface area contributed by atoms with Crippen LogP contribution in [0.5, 0.6) is 0 Å². The molecule has 0 aliphatic carbocycles. The Hall–Kier alpha value is -2.78. The van der Waals surface area contributed by atoms with Crippen molar-refractivity contribution in [2.45, 2.75) is 6.92 Å². The molecule has 0 unspecified atom stereocenters. The van der Waals surface area contributed by atoms with Gasteiger partial charge < -0.3 is 5.32 Å². The number of benzene rings is 2. The number of anilines is 1. The van der Waals surface area contributed by atoms with Gasteiger partial charge in [-0.1, -0.05) is 41.6 Å². The van der Waals surface area contributed by atoms with Crippen LogP contribution in [-0.2, 0) is 0 Å². The van der Waals surface area contributed by atoms with Crippen LogP contribution >= 0.6 is 11.8 Å². The molecular formula is C17H16N4OS. The molecule has 0 aliphatic rings. The summed E-state index contributed by atoms with van der Waals surface area (Å²) in [6.45, 7) is 1.99. The largest absolute Gasteiger partial charge is 0.322 e. The molecule has 5 nitrogen and oxygen atoms in total. The quantitative estimate of drug-likeness (QED) is 0.391. The SMILES string of the molecule is CSC(=Nc1ccccc1C(=O)Nc1ccc(C)cc1)NC#N. The molecule has 0 spiro atoms. The minimum absolute atomic E-state index is 0.245. The molecule has 2 aromatic rings. The normalized spacial score (nSPS) is 10.7. The highest BCUT2D eigenvalue weighted by Gasteiger charge is 2.11. The maximum absolute atomic E-state index is 12.5. The molecule has 0 saturated carbocycles. The van der Waals surface area contributed by atoms with Gasteiger partial charge in [0, 0.05) is 5.69 Å². The molecule has 2 aromatic carbocycles. The van der Waals surface area contributed by atoms with Gasteiger partial charge in [0.25, 0.3) is 5.91 Å². The van der Waals surface area contributed by atoms with Crippen LogP contribution in [-0.4, -0.2) is 17.3 Å². The summed E-state index contributed by atoms with van der Waals surface area (Å²) in [5, 5.41) is 14.5. The average molecular weight is 324 g/mol. The number of nitrogens with zero attached hydrogens (tertiary/aromatic N) is 2. The highest BCUT2D eigenvalue weighted by atomic mass is 32.2. The number of carbonyl (C=O) groups is 1. The van der Waals surface area contributed by atoms with Crippen molar-refractivity contribution in [3.05, 3.63) is 59.7 Å². The van der Waals surface area contributed by atoms with Gasteiger partial charge in [-0.25, -0.2) is 4.99 Å². The first-order valence-electron chi connectivity index (χ1n) is 6.89. The van der Waals surface area contributed by atoms with Gasteiger partial charge in [-0.05, 0) is 37.4 Å².